The molecule has 0 N–H and O–H groups in total. The molecule has 1 aliphatic rings. The largest absolute Gasteiger partial charge is 0.496 e. The summed E-state index contributed by atoms with van der Waals surface area (Å²) in [5.41, 5.74) is 3.45. The van der Waals surface area contributed by atoms with Crippen molar-refractivity contribution in [1.29, 1.82) is 0 Å². The summed E-state index contributed by atoms with van der Waals surface area (Å²) >= 11 is 0. The van der Waals surface area contributed by atoms with E-state index in [0.717, 1.165) is 42.9 Å². The van der Waals surface area contributed by atoms with Gasteiger partial charge in [-0.1, -0.05) is 18.2 Å². The lowest BCUT2D eigenvalue weighted by Gasteiger charge is -2.32. The second-order valence-corrected chi connectivity index (χ2v) is 7.59. The quantitative estimate of drug-likeness (QED) is 0.560. The zero-order chi connectivity index (χ0) is 21.8. The van der Waals surface area contributed by atoms with Gasteiger partial charge < -0.3 is 23.5 Å². The fourth-order valence-electron chi connectivity index (χ4n) is 4.56. The summed E-state index contributed by atoms with van der Waals surface area (Å²) < 4.78 is 25.0. The van der Waals surface area contributed by atoms with Crippen molar-refractivity contribution in [1.82, 2.24) is 9.47 Å². The first-order valence-electron chi connectivity index (χ1n) is 10.5. The van der Waals surface area contributed by atoms with E-state index in [2.05, 4.69) is 46.0 Å². The summed E-state index contributed by atoms with van der Waals surface area (Å²) in [6, 6.07) is 16.6. The van der Waals surface area contributed by atoms with Crippen LogP contribution in [0, 0.1) is 0 Å². The van der Waals surface area contributed by atoms with Gasteiger partial charge in [0.15, 0.2) is 11.5 Å². The van der Waals surface area contributed by atoms with Crippen LogP contribution in [0.3, 0.4) is 0 Å². The molecule has 2 aromatic carbocycles. The molecule has 3 aromatic rings. The highest BCUT2D eigenvalue weighted by atomic mass is 16.5. The van der Waals surface area contributed by atoms with E-state index in [4.69, 9.17) is 18.9 Å². The molecule has 1 aliphatic heterocycles. The van der Waals surface area contributed by atoms with Crippen molar-refractivity contribution in [3.63, 3.8) is 0 Å². The van der Waals surface area contributed by atoms with Crippen LogP contribution in [0.25, 0.3) is 0 Å². The molecule has 4 rings (SSSR count). The first-order chi connectivity index (χ1) is 15.2. The minimum atomic E-state index is -0.00262. The summed E-state index contributed by atoms with van der Waals surface area (Å²) in [6.45, 7) is 2.69. The van der Waals surface area contributed by atoms with E-state index in [0.29, 0.717) is 17.2 Å². The minimum Gasteiger partial charge on any atom is -0.496 e. The van der Waals surface area contributed by atoms with E-state index >= 15 is 0 Å². The van der Waals surface area contributed by atoms with E-state index in [1.807, 2.05) is 18.2 Å². The monoisotopic (exact) mass is 422 g/mol. The van der Waals surface area contributed by atoms with Crippen molar-refractivity contribution in [2.24, 2.45) is 0 Å². The summed E-state index contributed by atoms with van der Waals surface area (Å²) in [5.74, 6) is 2.87. The van der Waals surface area contributed by atoms with Crippen molar-refractivity contribution in [3.8, 4) is 23.0 Å². The molecular weight excluding hydrogens is 392 g/mol. The number of hydrogen-bond donors (Lipinski definition) is 0. The molecule has 0 saturated carbocycles. The fraction of sp³-hybridized carbons (Fsp3) is 0.360. The summed E-state index contributed by atoms with van der Waals surface area (Å²) in [5, 5.41) is 0. The average Bonchev–Trinajstić information content (AvgIpc) is 3.20. The topological polar surface area (TPSA) is 45.1 Å². The number of ether oxygens (including phenoxy) is 4. The lowest BCUT2D eigenvalue weighted by Crippen LogP contribution is -2.30. The molecule has 0 amide bonds. The van der Waals surface area contributed by atoms with Crippen LogP contribution >= 0.6 is 0 Å². The Morgan fingerprint density at radius 2 is 1.55 bits per heavy atom. The number of fused-ring (bicyclic) bond motifs is 1. The van der Waals surface area contributed by atoms with Crippen LogP contribution in [0.4, 0.5) is 0 Å². The maximum Gasteiger partial charge on any atom is 0.203 e. The number of nitrogens with zero attached hydrogens (tertiary/aromatic N) is 2. The van der Waals surface area contributed by atoms with Gasteiger partial charge in [0.25, 0.3) is 0 Å². The Morgan fingerprint density at radius 3 is 2.29 bits per heavy atom. The Bertz CT molecular complexity index is 1030. The predicted molar refractivity (Wildman–Crippen MR) is 120 cm³/mol. The van der Waals surface area contributed by atoms with Crippen molar-refractivity contribution in [2.45, 2.75) is 25.6 Å². The molecule has 0 unspecified atom stereocenters. The van der Waals surface area contributed by atoms with Crippen LogP contribution < -0.4 is 18.9 Å². The molecule has 0 bridgehead atoms. The number of aromatic nitrogens is 1. The normalized spacial score (nSPS) is 16.3. The minimum absolute atomic E-state index is 0.00262. The van der Waals surface area contributed by atoms with Gasteiger partial charge in [0.1, 0.15) is 5.75 Å². The molecule has 0 aliphatic carbocycles. The highest BCUT2D eigenvalue weighted by Gasteiger charge is 2.32. The summed E-state index contributed by atoms with van der Waals surface area (Å²) in [4.78, 5) is 2.49. The van der Waals surface area contributed by atoms with E-state index in [1.54, 1.807) is 28.4 Å². The first kappa shape index (κ1) is 21.1. The van der Waals surface area contributed by atoms with Gasteiger partial charge in [-0.15, -0.1) is 0 Å². The molecule has 31 heavy (non-hydrogen) atoms. The maximum atomic E-state index is 5.87. The first-order valence-corrected chi connectivity index (χ1v) is 10.5. The van der Waals surface area contributed by atoms with Gasteiger partial charge in [0.2, 0.25) is 5.75 Å². The molecular formula is C25H30N2O4. The number of hydrogen-bond acceptors (Lipinski definition) is 5. The Morgan fingerprint density at radius 1 is 0.774 bits per heavy atom. The molecule has 0 saturated heterocycles. The second kappa shape index (κ2) is 9.35. The van der Waals surface area contributed by atoms with Gasteiger partial charge in [-0.05, 0) is 36.8 Å². The molecule has 0 radical (unpaired) electrons. The third-order valence-corrected chi connectivity index (χ3v) is 5.95. The van der Waals surface area contributed by atoms with Crippen molar-refractivity contribution < 1.29 is 18.9 Å². The van der Waals surface area contributed by atoms with Crippen molar-refractivity contribution in [3.05, 3.63) is 71.5 Å². The predicted octanol–water partition coefficient (Wildman–Crippen LogP) is 4.52. The zero-order valence-electron chi connectivity index (χ0n) is 18.6. The molecule has 6 heteroatoms. The van der Waals surface area contributed by atoms with E-state index in [-0.39, 0.29) is 6.04 Å². The van der Waals surface area contributed by atoms with Crippen molar-refractivity contribution in [2.75, 3.05) is 35.0 Å². The number of methoxy groups -OCH3 is 4. The van der Waals surface area contributed by atoms with Crippen LogP contribution in [0.2, 0.25) is 0 Å². The number of aryl methyl sites for hydroxylation is 1. The number of para-hydroxylation sites is 1. The van der Waals surface area contributed by atoms with Crippen LogP contribution in [-0.2, 0) is 13.1 Å². The molecule has 164 valence electrons. The molecule has 2 heterocycles. The van der Waals surface area contributed by atoms with E-state index in [9.17, 15) is 0 Å². The van der Waals surface area contributed by atoms with Gasteiger partial charge in [-0.25, -0.2) is 0 Å². The lowest BCUT2D eigenvalue weighted by atomic mass is 9.98. The van der Waals surface area contributed by atoms with Crippen LogP contribution in [-0.4, -0.2) is 44.5 Å². The SMILES string of the molecule is COc1ccccc1CN1CCCn2cccc2[C@@H]1c1ccc(OC)c(OC)c1OC. The van der Waals surface area contributed by atoms with Gasteiger partial charge in [-0.2, -0.15) is 0 Å². The van der Waals surface area contributed by atoms with Gasteiger partial charge in [-0.3, -0.25) is 4.90 Å². The van der Waals surface area contributed by atoms with Crippen LogP contribution in [0.15, 0.2) is 54.7 Å². The van der Waals surface area contributed by atoms with Gasteiger partial charge in [0.05, 0.1) is 34.5 Å². The summed E-state index contributed by atoms with van der Waals surface area (Å²) in [7, 11) is 6.69. The zero-order valence-corrected chi connectivity index (χ0v) is 18.6. The van der Waals surface area contributed by atoms with Gasteiger partial charge >= 0.3 is 0 Å². The fourth-order valence-corrected chi connectivity index (χ4v) is 4.56. The number of benzene rings is 2. The smallest absolute Gasteiger partial charge is 0.203 e. The Labute approximate surface area is 183 Å². The highest BCUT2D eigenvalue weighted by molar-refractivity contribution is 5.58. The lowest BCUT2D eigenvalue weighted by molar-refractivity contribution is 0.212. The van der Waals surface area contributed by atoms with Crippen LogP contribution in [0.5, 0.6) is 23.0 Å². The third kappa shape index (κ3) is 3.95. The van der Waals surface area contributed by atoms with Gasteiger partial charge in [0, 0.05) is 42.7 Å². The van der Waals surface area contributed by atoms with Crippen LogP contribution in [0.1, 0.15) is 29.3 Å². The third-order valence-electron chi connectivity index (χ3n) is 5.95. The molecule has 6 nitrogen and oxygen atoms in total. The van der Waals surface area contributed by atoms with E-state index < -0.39 is 0 Å². The molecule has 0 spiro atoms. The molecule has 1 atom stereocenters. The Hall–Kier alpha value is -3.12. The highest BCUT2D eigenvalue weighted by Crippen LogP contribution is 2.46. The number of rotatable bonds is 7. The average molecular weight is 423 g/mol. The Kier molecular flexibility index (Phi) is 6.37. The van der Waals surface area contributed by atoms with Crippen molar-refractivity contribution >= 4 is 0 Å². The maximum absolute atomic E-state index is 5.87. The molecule has 0 fully saturated rings. The summed E-state index contributed by atoms with van der Waals surface area (Å²) in [6.07, 6.45) is 3.21. The Balaban J connectivity index is 1.85. The standard InChI is InChI=1S/C25H30N2O4/c1-28-21-11-6-5-9-18(21)17-27-16-8-15-26-14-7-10-20(26)23(27)19-12-13-22(29-2)25(31-4)24(19)30-3/h5-7,9-14,23H,8,15-17H2,1-4H3/t23-/m0/s1. The van der Waals surface area contributed by atoms with E-state index in [1.165, 1.54) is 5.69 Å². The second-order valence-electron chi connectivity index (χ2n) is 7.59. The molecule has 1 aromatic heterocycles.